The van der Waals surface area contributed by atoms with Gasteiger partial charge in [0.25, 0.3) is 0 Å². The Kier molecular flexibility index (Phi) is 2.16. The van der Waals surface area contributed by atoms with Crippen molar-refractivity contribution < 1.29 is 9.90 Å². The van der Waals surface area contributed by atoms with Crippen LogP contribution < -0.4 is 5.43 Å². The number of carbonyl (C=O) groups is 1. The monoisotopic (exact) mass is 239 g/mol. The van der Waals surface area contributed by atoms with E-state index in [1.807, 2.05) is 30.3 Å². The molecule has 0 radical (unpaired) electrons. The Hall–Kier alpha value is -2.62. The minimum Gasteiger partial charge on any atom is -0.477 e. The van der Waals surface area contributed by atoms with Crippen molar-refractivity contribution in [3.05, 3.63) is 58.4 Å². The summed E-state index contributed by atoms with van der Waals surface area (Å²) < 4.78 is 0. The van der Waals surface area contributed by atoms with Crippen molar-refractivity contribution in [1.29, 1.82) is 0 Å². The first-order valence-corrected chi connectivity index (χ1v) is 5.45. The first-order valence-electron chi connectivity index (χ1n) is 5.45. The predicted molar refractivity (Wildman–Crippen MR) is 69.0 cm³/mol. The number of pyridine rings is 1. The number of rotatable bonds is 1. The molecule has 0 aliphatic rings. The lowest BCUT2D eigenvalue weighted by atomic mass is 10.1. The fourth-order valence-electron chi connectivity index (χ4n) is 2.11. The molecule has 1 heterocycles. The van der Waals surface area contributed by atoms with Crippen LogP contribution in [0, 0.1) is 0 Å². The van der Waals surface area contributed by atoms with Crippen molar-refractivity contribution in [1.82, 2.24) is 4.98 Å². The molecule has 18 heavy (non-hydrogen) atoms. The number of nitrogens with one attached hydrogen (secondary N) is 1. The number of benzene rings is 2. The second-order valence-electron chi connectivity index (χ2n) is 4.06. The van der Waals surface area contributed by atoms with Gasteiger partial charge in [0.05, 0.1) is 5.52 Å². The van der Waals surface area contributed by atoms with E-state index in [2.05, 4.69) is 4.98 Å². The molecule has 4 heteroatoms. The summed E-state index contributed by atoms with van der Waals surface area (Å²) in [6, 6.07) is 12.2. The van der Waals surface area contributed by atoms with Gasteiger partial charge in [0.2, 0.25) is 0 Å². The molecule has 0 aliphatic carbocycles. The summed E-state index contributed by atoms with van der Waals surface area (Å²) in [5, 5.41) is 11.3. The van der Waals surface area contributed by atoms with Crippen LogP contribution in [0.4, 0.5) is 0 Å². The molecule has 4 nitrogen and oxygen atoms in total. The molecule has 0 fully saturated rings. The van der Waals surface area contributed by atoms with Gasteiger partial charge >= 0.3 is 5.97 Å². The SMILES string of the molecule is O=C(O)c1cc(=O)c2ccc3ccccc3c2[nH]1. The number of aromatic amines is 1. The fraction of sp³-hybridized carbons (Fsp3) is 0. The van der Waals surface area contributed by atoms with E-state index in [1.54, 1.807) is 6.07 Å². The summed E-state index contributed by atoms with van der Waals surface area (Å²) in [5.74, 6) is -1.14. The third-order valence-corrected chi connectivity index (χ3v) is 2.96. The van der Waals surface area contributed by atoms with Crippen molar-refractivity contribution in [2.75, 3.05) is 0 Å². The van der Waals surface area contributed by atoms with Gasteiger partial charge in [-0.25, -0.2) is 4.79 Å². The highest BCUT2D eigenvalue weighted by atomic mass is 16.4. The summed E-state index contributed by atoms with van der Waals surface area (Å²) in [4.78, 5) is 25.6. The van der Waals surface area contributed by atoms with Gasteiger partial charge in [-0.3, -0.25) is 4.79 Å². The Morgan fingerprint density at radius 1 is 1.06 bits per heavy atom. The van der Waals surface area contributed by atoms with Crippen LogP contribution in [0.5, 0.6) is 0 Å². The van der Waals surface area contributed by atoms with Crippen molar-refractivity contribution in [2.45, 2.75) is 0 Å². The van der Waals surface area contributed by atoms with E-state index in [-0.39, 0.29) is 11.1 Å². The molecule has 3 rings (SSSR count). The van der Waals surface area contributed by atoms with Crippen molar-refractivity contribution in [3.8, 4) is 0 Å². The third-order valence-electron chi connectivity index (χ3n) is 2.96. The van der Waals surface area contributed by atoms with E-state index >= 15 is 0 Å². The average Bonchev–Trinajstić information content (AvgIpc) is 2.38. The van der Waals surface area contributed by atoms with E-state index in [4.69, 9.17) is 5.11 Å². The second kappa shape index (κ2) is 3.70. The quantitative estimate of drug-likeness (QED) is 0.640. The van der Waals surface area contributed by atoms with Gasteiger partial charge in [0.1, 0.15) is 5.69 Å². The van der Waals surface area contributed by atoms with Crippen molar-refractivity contribution in [3.63, 3.8) is 0 Å². The fourth-order valence-corrected chi connectivity index (χ4v) is 2.11. The molecule has 0 amide bonds. The first kappa shape index (κ1) is 10.5. The van der Waals surface area contributed by atoms with E-state index in [0.29, 0.717) is 10.9 Å². The third kappa shape index (κ3) is 1.47. The molecule has 0 saturated heterocycles. The maximum Gasteiger partial charge on any atom is 0.352 e. The molecule has 0 spiro atoms. The maximum absolute atomic E-state index is 11.9. The molecule has 2 N–H and O–H groups in total. The predicted octanol–water partition coefficient (Wildman–Crippen LogP) is 2.38. The van der Waals surface area contributed by atoms with Crippen molar-refractivity contribution in [2.24, 2.45) is 0 Å². The van der Waals surface area contributed by atoms with Crippen LogP contribution in [0.2, 0.25) is 0 Å². The maximum atomic E-state index is 11.9. The zero-order chi connectivity index (χ0) is 12.7. The van der Waals surface area contributed by atoms with Gasteiger partial charge in [-0.1, -0.05) is 30.3 Å². The van der Waals surface area contributed by atoms with Crippen LogP contribution in [0.15, 0.2) is 47.3 Å². The molecular formula is C14H9NO3. The highest BCUT2D eigenvalue weighted by molar-refractivity contribution is 6.06. The number of hydrogen-bond donors (Lipinski definition) is 2. The van der Waals surface area contributed by atoms with Gasteiger partial charge in [-0.05, 0) is 11.5 Å². The van der Waals surface area contributed by atoms with Crippen molar-refractivity contribution >= 4 is 27.6 Å². The summed E-state index contributed by atoms with van der Waals surface area (Å²) >= 11 is 0. The van der Waals surface area contributed by atoms with Gasteiger partial charge in [-0.2, -0.15) is 0 Å². The van der Waals surface area contributed by atoms with Gasteiger partial charge in [0.15, 0.2) is 5.43 Å². The minimum absolute atomic E-state index is 0.0937. The molecule has 1 aromatic heterocycles. The summed E-state index contributed by atoms with van der Waals surface area (Å²) in [6.45, 7) is 0. The molecule has 0 bridgehead atoms. The number of hydrogen-bond acceptors (Lipinski definition) is 2. The largest absolute Gasteiger partial charge is 0.477 e. The van der Waals surface area contributed by atoms with E-state index in [9.17, 15) is 9.59 Å². The molecule has 0 aliphatic heterocycles. The molecule has 88 valence electrons. The van der Waals surface area contributed by atoms with Crippen LogP contribution >= 0.6 is 0 Å². The Balaban J connectivity index is 2.56. The molecular weight excluding hydrogens is 230 g/mol. The van der Waals surface area contributed by atoms with Crippen LogP contribution in [0.3, 0.4) is 0 Å². The number of carboxylic acid groups (broad SMARTS) is 1. The van der Waals surface area contributed by atoms with Crippen LogP contribution in [0.25, 0.3) is 21.7 Å². The number of fused-ring (bicyclic) bond motifs is 3. The molecule has 0 unspecified atom stereocenters. The summed E-state index contributed by atoms with van der Waals surface area (Å²) in [7, 11) is 0. The van der Waals surface area contributed by atoms with Crippen LogP contribution in [-0.4, -0.2) is 16.1 Å². The number of H-pyrrole nitrogens is 1. The smallest absolute Gasteiger partial charge is 0.352 e. The zero-order valence-corrected chi connectivity index (χ0v) is 9.31. The number of aromatic nitrogens is 1. The minimum atomic E-state index is -1.14. The Morgan fingerprint density at radius 2 is 1.83 bits per heavy atom. The van der Waals surface area contributed by atoms with Gasteiger partial charge < -0.3 is 10.1 Å². The van der Waals surface area contributed by atoms with E-state index in [0.717, 1.165) is 16.8 Å². The van der Waals surface area contributed by atoms with Gasteiger partial charge in [0, 0.05) is 16.8 Å². The Labute approximate surface area is 101 Å². The lowest BCUT2D eigenvalue weighted by Gasteiger charge is -2.04. The summed E-state index contributed by atoms with van der Waals surface area (Å²) in [5.41, 5.74) is 0.189. The van der Waals surface area contributed by atoms with Crippen LogP contribution in [-0.2, 0) is 0 Å². The molecule has 0 atom stereocenters. The standard InChI is InChI=1S/C14H9NO3/c16-12-7-11(14(17)18)15-13-9-4-2-1-3-8(9)5-6-10(12)13/h1-7H,(H,15,16)(H,17,18). The average molecular weight is 239 g/mol. The Morgan fingerprint density at radius 3 is 2.61 bits per heavy atom. The highest BCUT2D eigenvalue weighted by Gasteiger charge is 2.09. The topological polar surface area (TPSA) is 70.2 Å². The normalized spacial score (nSPS) is 10.9. The Bertz CT molecular complexity index is 833. The lowest BCUT2D eigenvalue weighted by Crippen LogP contribution is -2.09. The summed E-state index contributed by atoms with van der Waals surface area (Å²) in [6.07, 6.45) is 0. The van der Waals surface area contributed by atoms with Gasteiger partial charge in [-0.15, -0.1) is 0 Å². The van der Waals surface area contributed by atoms with E-state index < -0.39 is 5.97 Å². The zero-order valence-electron chi connectivity index (χ0n) is 9.31. The molecule has 0 saturated carbocycles. The number of carboxylic acids is 1. The lowest BCUT2D eigenvalue weighted by molar-refractivity contribution is 0.0691. The highest BCUT2D eigenvalue weighted by Crippen LogP contribution is 2.21. The first-order chi connectivity index (χ1) is 8.66. The second-order valence-corrected chi connectivity index (χ2v) is 4.06. The number of aromatic carboxylic acids is 1. The molecule has 3 aromatic rings. The van der Waals surface area contributed by atoms with Crippen LogP contribution in [0.1, 0.15) is 10.5 Å². The molecule has 2 aromatic carbocycles. The van der Waals surface area contributed by atoms with E-state index in [1.165, 1.54) is 0 Å².